The van der Waals surface area contributed by atoms with Crippen LogP contribution in [0.15, 0.2) is 23.2 Å². The number of amides is 1. The van der Waals surface area contributed by atoms with Crippen LogP contribution in [0.2, 0.25) is 0 Å². The highest BCUT2D eigenvalue weighted by atomic mass is 127. The summed E-state index contributed by atoms with van der Waals surface area (Å²) in [4.78, 5) is 18.6. The minimum absolute atomic E-state index is 0. The number of likely N-dealkylation sites (tertiary alicyclic amines) is 1. The first kappa shape index (κ1) is 22.6. The summed E-state index contributed by atoms with van der Waals surface area (Å²) in [6, 6.07) is 6.05. The zero-order chi connectivity index (χ0) is 19.3. The average Bonchev–Trinajstić information content (AvgIpc) is 3.34. The molecule has 2 aliphatic rings. The number of carbonyl (C=O) groups excluding carboxylic acids is 1. The average molecular weight is 502 g/mol. The molecule has 2 heterocycles. The van der Waals surface area contributed by atoms with Gasteiger partial charge in [-0.15, -0.1) is 24.0 Å². The van der Waals surface area contributed by atoms with Gasteiger partial charge in [-0.2, -0.15) is 0 Å². The van der Waals surface area contributed by atoms with Gasteiger partial charge in [0.05, 0.1) is 0 Å². The topological polar surface area (TPSA) is 75.2 Å². The lowest BCUT2D eigenvalue weighted by atomic mass is 9.84. The van der Waals surface area contributed by atoms with E-state index in [1.807, 2.05) is 24.0 Å². The number of aliphatic imine (C=N–C) groups is 1. The normalized spacial score (nSPS) is 16.0. The molecule has 3 rings (SSSR count). The third-order valence-corrected chi connectivity index (χ3v) is 5.03. The van der Waals surface area contributed by atoms with Crippen LogP contribution in [0.5, 0.6) is 11.5 Å². The maximum Gasteiger partial charge on any atom is 0.244 e. The van der Waals surface area contributed by atoms with Gasteiger partial charge in [0.2, 0.25) is 12.7 Å². The smallest absolute Gasteiger partial charge is 0.244 e. The molecule has 2 aliphatic heterocycles. The van der Waals surface area contributed by atoms with E-state index in [1.54, 1.807) is 0 Å². The first-order valence-electron chi connectivity index (χ1n) is 9.69. The molecular weight excluding hydrogens is 471 g/mol. The Bertz CT molecular complexity index is 703. The number of nitrogens with zero attached hydrogens (tertiary/aromatic N) is 2. The number of carbonyl (C=O) groups is 1. The van der Waals surface area contributed by atoms with E-state index < -0.39 is 0 Å². The zero-order valence-corrected chi connectivity index (χ0v) is 19.2. The van der Waals surface area contributed by atoms with Crippen LogP contribution < -0.4 is 20.1 Å². The molecule has 1 amide bonds. The second-order valence-electron chi connectivity index (χ2n) is 7.59. The minimum Gasteiger partial charge on any atom is -0.454 e. The maximum absolute atomic E-state index is 12.2. The van der Waals surface area contributed by atoms with Crippen molar-refractivity contribution in [1.29, 1.82) is 0 Å². The van der Waals surface area contributed by atoms with Gasteiger partial charge >= 0.3 is 0 Å². The van der Waals surface area contributed by atoms with E-state index in [9.17, 15) is 4.79 Å². The van der Waals surface area contributed by atoms with Crippen LogP contribution in [0.25, 0.3) is 0 Å². The molecule has 0 unspecified atom stereocenters. The number of hydrogen-bond acceptors (Lipinski definition) is 4. The Morgan fingerprint density at radius 1 is 1.18 bits per heavy atom. The van der Waals surface area contributed by atoms with Crippen molar-refractivity contribution in [3.8, 4) is 11.5 Å². The molecule has 2 N–H and O–H groups in total. The van der Waals surface area contributed by atoms with E-state index in [0.717, 1.165) is 49.5 Å². The molecule has 0 atom stereocenters. The van der Waals surface area contributed by atoms with Crippen molar-refractivity contribution in [3.63, 3.8) is 0 Å². The summed E-state index contributed by atoms with van der Waals surface area (Å²) in [5, 5.41) is 6.59. The predicted octanol–water partition coefficient (Wildman–Crippen LogP) is 2.49. The van der Waals surface area contributed by atoms with Crippen LogP contribution in [-0.4, -0.2) is 56.3 Å². The van der Waals surface area contributed by atoms with Crippen molar-refractivity contribution < 1.29 is 14.3 Å². The monoisotopic (exact) mass is 502 g/mol. The molecule has 0 radical (unpaired) electrons. The Labute approximate surface area is 184 Å². The number of hydrogen-bond donors (Lipinski definition) is 2. The summed E-state index contributed by atoms with van der Waals surface area (Å²) >= 11 is 0. The Hall–Kier alpha value is -1.71. The van der Waals surface area contributed by atoms with Gasteiger partial charge in [0.15, 0.2) is 17.5 Å². The van der Waals surface area contributed by atoms with Crippen LogP contribution in [0.4, 0.5) is 0 Å². The van der Waals surface area contributed by atoms with Crippen molar-refractivity contribution in [2.75, 3.05) is 39.5 Å². The highest BCUT2D eigenvalue weighted by molar-refractivity contribution is 14.0. The fourth-order valence-corrected chi connectivity index (χ4v) is 3.28. The van der Waals surface area contributed by atoms with E-state index in [1.165, 1.54) is 0 Å². The number of nitrogens with one attached hydrogen (secondary N) is 2. The summed E-state index contributed by atoms with van der Waals surface area (Å²) in [6.45, 7) is 9.93. The number of halogens is 1. The third-order valence-electron chi connectivity index (χ3n) is 5.03. The second kappa shape index (κ2) is 10.2. The number of fused-ring (bicyclic) bond motifs is 1. The van der Waals surface area contributed by atoms with Crippen molar-refractivity contribution in [1.82, 2.24) is 15.5 Å². The molecule has 0 aromatic heterocycles. The van der Waals surface area contributed by atoms with Gasteiger partial charge < -0.3 is 25.0 Å². The largest absolute Gasteiger partial charge is 0.454 e. The van der Waals surface area contributed by atoms with Gasteiger partial charge in [-0.3, -0.25) is 4.79 Å². The summed E-state index contributed by atoms with van der Waals surface area (Å²) in [5.41, 5.74) is 1.01. The molecule has 0 spiro atoms. The maximum atomic E-state index is 12.2. The number of rotatable bonds is 6. The first-order valence-corrected chi connectivity index (χ1v) is 9.69. The number of benzene rings is 1. The quantitative estimate of drug-likeness (QED) is 0.355. The van der Waals surface area contributed by atoms with Crippen LogP contribution >= 0.6 is 24.0 Å². The summed E-state index contributed by atoms with van der Waals surface area (Å²) in [5.74, 6) is 2.34. The summed E-state index contributed by atoms with van der Waals surface area (Å²) < 4.78 is 10.9. The molecule has 0 bridgehead atoms. The standard InChI is InChI=1S/C20H30N4O3.HI/c1-4-21-19(22-12-18(25)24-9-5-6-10-24)23-13-20(2,3)15-7-8-16-17(11-15)27-14-26-16;/h7-8,11H,4-6,9-10,12-14H2,1-3H3,(H2,21,22,23);1H. The Morgan fingerprint density at radius 2 is 1.89 bits per heavy atom. The van der Waals surface area contributed by atoms with E-state index in [0.29, 0.717) is 12.5 Å². The van der Waals surface area contributed by atoms with Crippen molar-refractivity contribution in [2.45, 2.75) is 39.0 Å². The lowest BCUT2D eigenvalue weighted by Crippen LogP contribution is -2.44. The molecule has 8 heteroatoms. The number of ether oxygens (including phenoxy) is 2. The predicted molar refractivity (Wildman–Crippen MR) is 121 cm³/mol. The fourth-order valence-electron chi connectivity index (χ4n) is 3.28. The van der Waals surface area contributed by atoms with Gasteiger partial charge in [0.1, 0.15) is 6.54 Å². The van der Waals surface area contributed by atoms with E-state index in [4.69, 9.17) is 9.47 Å². The Kier molecular flexibility index (Phi) is 8.21. The molecule has 1 saturated heterocycles. The van der Waals surface area contributed by atoms with Gasteiger partial charge in [0, 0.05) is 31.6 Å². The fraction of sp³-hybridized carbons (Fsp3) is 0.600. The molecule has 28 heavy (non-hydrogen) atoms. The van der Waals surface area contributed by atoms with Crippen molar-refractivity contribution in [2.24, 2.45) is 4.99 Å². The van der Waals surface area contributed by atoms with Gasteiger partial charge in [-0.1, -0.05) is 19.9 Å². The van der Waals surface area contributed by atoms with Crippen LogP contribution in [0.1, 0.15) is 39.2 Å². The lowest BCUT2D eigenvalue weighted by Gasteiger charge is -2.27. The van der Waals surface area contributed by atoms with Crippen LogP contribution in [0.3, 0.4) is 0 Å². The van der Waals surface area contributed by atoms with Gasteiger partial charge in [-0.05, 0) is 37.5 Å². The van der Waals surface area contributed by atoms with Crippen molar-refractivity contribution in [3.05, 3.63) is 23.8 Å². The molecule has 0 saturated carbocycles. The van der Waals surface area contributed by atoms with Gasteiger partial charge in [-0.25, -0.2) is 4.99 Å². The Morgan fingerprint density at radius 3 is 2.61 bits per heavy atom. The molecule has 1 fully saturated rings. The molecule has 1 aromatic carbocycles. The number of guanidine groups is 1. The van der Waals surface area contributed by atoms with E-state index in [2.05, 4.69) is 35.5 Å². The highest BCUT2D eigenvalue weighted by Crippen LogP contribution is 2.36. The third kappa shape index (κ3) is 5.65. The molecule has 1 aromatic rings. The summed E-state index contributed by atoms with van der Waals surface area (Å²) in [6.07, 6.45) is 2.19. The minimum atomic E-state index is -0.143. The van der Waals surface area contributed by atoms with Gasteiger partial charge in [0.25, 0.3) is 0 Å². The van der Waals surface area contributed by atoms with E-state index in [-0.39, 0.29) is 48.6 Å². The SMILES string of the molecule is CCNC(=NCC(=O)N1CCCC1)NCC(C)(C)c1ccc2c(c1)OCO2.I. The lowest BCUT2D eigenvalue weighted by molar-refractivity contribution is -0.128. The first-order chi connectivity index (χ1) is 13.0. The molecule has 0 aliphatic carbocycles. The second-order valence-corrected chi connectivity index (χ2v) is 7.59. The molecule has 156 valence electrons. The van der Waals surface area contributed by atoms with Crippen LogP contribution in [0, 0.1) is 0 Å². The Balaban J connectivity index is 0.00000280. The molecular formula is C20H31IN4O3. The molecule has 7 nitrogen and oxygen atoms in total. The zero-order valence-electron chi connectivity index (χ0n) is 16.9. The summed E-state index contributed by atoms with van der Waals surface area (Å²) in [7, 11) is 0. The van der Waals surface area contributed by atoms with Crippen molar-refractivity contribution >= 4 is 35.8 Å². The van der Waals surface area contributed by atoms with E-state index >= 15 is 0 Å². The highest BCUT2D eigenvalue weighted by Gasteiger charge is 2.24. The van der Waals surface area contributed by atoms with Crippen LogP contribution in [-0.2, 0) is 10.2 Å².